The van der Waals surface area contributed by atoms with E-state index in [2.05, 4.69) is 6.42 Å². The monoisotopic (exact) mass is 139 g/mol. The highest BCUT2D eigenvalue weighted by atomic mass is 16.6. The standard InChI is InChI=1S/C9H15O/c1-2-4-8(5-3-1)6-9-7-10-9/h6,8-9H,1-5,7H2. The molecule has 1 radical (unpaired) electrons. The van der Waals surface area contributed by atoms with Gasteiger partial charge in [-0.25, -0.2) is 0 Å². The molecule has 2 fully saturated rings. The van der Waals surface area contributed by atoms with Gasteiger partial charge in [0.05, 0.1) is 12.7 Å². The van der Waals surface area contributed by atoms with Gasteiger partial charge in [-0.3, -0.25) is 0 Å². The van der Waals surface area contributed by atoms with E-state index >= 15 is 0 Å². The summed E-state index contributed by atoms with van der Waals surface area (Å²) in [5.74, 6) is 0.890. The molecule has 1 nitrogen and oxygen atoms in total. The van der Waals surface area contributed by atoms with Crippen LogP contribution in [0.5, 0.6) is 0 Å². The van der Waals surface area contributed by atoms with Crippen LogP contribution in [0.1, 0.15) is 32.1 Å². The number of hydrogen-bond acceptors (Lipinski definition) is 1. The van der Waals surface area contributed by atoms with Crippen LogP contribution in [-0.2, 0) is 4.74 Å². The zero-order chi connectivity index (χ0) is 6.81. The Morgan fingerprint density at radius 2 is 1.80 bits per heavy atom. The van der Waals surface area contributed by atoms with Gasteiger partial charge in [0.25, 0.3) is 0 Å². The smallest absolute Gasteiger partial charge is 0.0844 e. The van der Waals surface area contributed by atoms with Crippen LogP contribution in [0.25, 0.3) is 0 Å². The van der Waals surface area contributed by atoms with Crippen LogP contribution in [0, 0.1) is 12.3 Å². The normalized spacial score (nSPS) is 34.2. The highest BCUT2D eigenvalue weighted by Crippen LogP contribution is 2.30. The minimum Gasteiger partial charge on any atom is -0.373 e. The Bertz CT molecular complexity index is 101. The van der Waals surface area contributed by atoms with Crippen LogP contribution in [0.3, 0.4) is 0 Å². The first-order valence-electron chi connectivity index (χ1n) is 4.42. The third-order valence-corrected chi connectivity index (χ3v) is 2.50. The predicted molar refractivity (Wildman–Crippen MR) is 40.6 cm³/mol. The minimum atomic E-state index is 0.545. The lowest BCUT2D eigenvalue weighted by atomic mass is 9.86. The van der Waals surface area contributed by atoms with Crippen LogP contribution >= 0.6 is 0 Å². The van der Waals surface area contributed by atoms with Gasteiger partial charge in [-0.2, -0.15) is 0 Å². The number of rotatable bonds is 2. The van der Waals surface area contributed by atoms with Crippen molar-refractivity contribution in [1.29, 1.82) is 0 Å². The fraction of sp³-hybridized carbons (Fsp3) is 0.889. The van der Waals surface area contributed by atoms with Crippen molar-refractivity contribution < 1.29 is 4.74 Å². The summed E-state index contributed by atoms with van der Waals surface area (Å²) in [5.41, 5.74) is 0. The molecule has 1 heteroatoms. The van der Waals surface area contributed by atoms with Crippen molar-refractivity contribution in [2.45, 2.75) is 38.2 Å². The van der Waals surface area contributed by atoms with E-state index in [1.165, 1.54) is 32.1 Å². The topological polar surface area (TPSA) is 12.5 Å². The third-order valence-electron chi connectivity index (χ3n) is 2.50. The largest absolute Gasteiger partial charge is 0.373 e. The van der Waals surface area contributed by atoms with Crippen LogP contribution in [0.15, 0.2) is 0 Å². The SMILES string of the molecule is [CH](C1CCCCC1)C1CO1. The fourth-order valence-corrected chi connectivity index (χ4v) is 1.80. The summed E-state index contributed by atoms with van der Waals surface area (Å²) < 4.78 is 5.16. The van der Waals surface area contributed by atoms with Gasteiger partial charge in [0.2, 0.25) is 0 Å². The van der Waals surface area contributed by atoms with Crippen LogP contribution in [-0.4, -0.2) is 12.7 Å². The van der Waals surface area contributed by atoms with Gasteiger partial charge in [0.1, 0.15) is 0 Å². The molecule has 1 heterocycles. The summed E-state index contributed by atoms with van der Waals surface area (Å²) in [4.78, 5) is 0. The molecule has 2 aliphatic rings. The second-order valence-electron chi connectivity index (χ2n) is 3.46. The Labute approximate surface area is 62.8 Å². The Kier molecular flexibility index (Phi) is 1.94. The molecule has 1 saturated heterocycles. The maximum atomic E-state index is 5.16. The molecule has 0 aromatic carbocycles. The van der Waals surface area contributed by atoms with Crippen LogP contribution < -0.4 is 0 Å². The molecule has 0 aromatic heterocycles. The third kappa shape index (κ3) is 1.72. The molecule has 0 N–H and O–H groups in total. The second kappa shape index (κ2) is 2.91. The van der Waals surface area contributed by atoms with E-state index in [0.29, 0.717) is 6.10 Å². The minimum absolute atomic E-state index is 0.545. The zero-order valence-electron chi connectivity index (χ0n) is 6.38. The molecule has 1 atom stereocenters. The van der Waals surface area contributed by atoms with Gasteiger partial charge in [0.15, 0.2) is 0 Å². The number of ether oxygens (including phenoxy) is 1. The summed E-state index contributed by atoms with van der Waals surface area (Å²) in [5, 5.41) is 0. The van der Waals surface area contributed by atoms with E-state index in [-0.39, 0.29) is 0 Å². The molecule has 0 bridgehead atoms. The highest BCUT2D eigenvalue weighted by molar-refractivity contribution is 4.92. The predicted octanol–water partition coefficient (Wildman–Crippen LogP) is 2.17. The molecular weight excluding hydrogens is 124 g/mol. The van der Waals surface area contributed by atoms with Gasteiger partial charge in [-0.05, 0) is 12.3 Å². The van der Waals surface area contributed by atoms with E-state index in [4.69, 9.17) is 4.74 Å². The molecule has 1 unspecified atom stereocenters. The van der Waals surface area contributed by atoms with Crippen molar-refractivity contribution in [2.75, 3.05) is 6.61 Å². The van der Waals surface area contributed by atoms with Crippen molar-refractivity contribution >= 4 is 0 Å². The van der Waals surface area contributed by atoms with Crippen molar-refractivity contribution in [1.82, 2.24) is 0 Å². The van der Waals surface area contributed by atoms with Crippen molar-refractivity contribution in [3.05, 3.63) is 6.42 Å². The summed E-state index contributed by atoms with van der Waals surface area (Å²) in [7, 11) is 0. The lowest BCUT2D eigenvalue weighted by molar-refractivity contribution is 0.355. The molecular formula is C9H15O. The molecule has 1 aliphatic carbocycles. The first-order valence-corrected chi connectivity index (χ1v) is 4.42. The Morgan fingerprint density at radius 3 is 2.40 bits per heavy atom. The first kappa shape index (κ1) is 6.66. The summed E-state index contributed by atoms with van der Waals surface area (Å²) in [6.07, 6.45) is 10.1. The summed E-state index contributed by atoms with van der Waals surface area (Å²) in [6.45, 7) is 0.997. The van der Waals surface area contributed by atoms with Crippen LogP contribution in [0.2, 0.25) is 0 Å². The molecule has 1 saturated carbocycles. The maximum absolute atomic E-state index is 5.16. The van der Waals surface area contributed by atoms with Gasteiger partial charge in [-0.1, -0.05) is 32.1 Å². The fourth-order valence-electron chi connectivity index (χ4n) is 1.80. The zero-order valence-corrected chi connectivity index (χ0v) is 6.38. The van der Waals surface area contributed by atoms with Gasteiger partial charge in [-0.15, -0.1) is 0 Å². The molecule has 1 aliphatic heterocycles. The molecule has 0 amide bonds. The average molecular weight is 139 g/mol. The summed E-state index contributed by atoms with van der Waals surface area (Å²) >= 11 is 0. The molecule has 0 aromatic rings. The lowest BCUT2D eigenvalue weighted by Crippen LogP contribution is -2.09. The first-order chi connectivity index (χ1) is 4.95. The lowest BCUT2D eigenvalue weighted by Gasteiger charge is -2.19. The highest BCUT2D eigenvalue weighted by Gasteiger charge is 2.27. The van der Waals surface area contributed by atoms with E-state index in [1.807, 2.05) is 0 Å². The van der Waals surface area contributed by atoms with Crippen molar-refractivity contribution in [3.8, 4) is 0 Å². The van der Waals surface area contributed by atoms with Gasteiger partial charge < -0.3 is 4.74 Å². The van der Waals surface area contributed by atoms with E-state index < -0.39 is 0 Å². The quantitative estimate of drug-likeness (QED) is 0.534. The van der Waals surface area contributed by atoms with E-state index in [0.717, 1.165) is 12.5 Å². The molecule has 0 spiro atoms. The molecule has 57 valence electrons. The Morgan fingerprint density at radius 1 is 1.10 bits per heavy atom. The molecule has 2 rings (SSSR count). The number of epoxide rings is 1. The Balaban J connectivity index is 1.69. The van der Waals surface area contributed by atoms with E-state index in [1.54, 1.807) is 0 Å². The van der Waals surface area contributed by atoms with Crippen LogP contribution in [0.4, 0.5) is 0 Å². The Hall–Kier alpha value is -0.0400. The average Bonchev–Trinajstić information content (AvgIpc) is 2.74. The number of hydrogen-bond donors (Lipinski definition) is 0. The second-order valence-corrected chi connectivity index (χ2v) is 3.46. The maximum Gasteiger partial charge on any atom is 0.0844 e. The van der Waals surface area contributed by atoms with Gasteiger partial charge in [0, 0.05) is 0 Å². The molecule has 10 heavy (non-hydrogen) atoms. The summed E-state index contributed by atoms with van der Waals surface area (Å²) in [6, 6.07) is 0. The van der Waals surface area contributed by atoms with Crippen molar-refractivity contribution in [2.24, 2.45) is 5.92 Å². The van der Waals surface area contributed by atoms with Crippen molar-refractivity contribution in [3.63, 3.8) is 0 Å². The van der Waals surface area contributed by atoms with E-state index in [9.17, 15) is 0 Å². The van der Waals surface area contributed by atoms with Gasteiger partial charge >= 0.3 is 0 Å².